The van der Waals surface area contributed by atoms with Crippen LogP contribution in [0.25, 0.3) is 0 Å². The third-order valence-electron chi connectivity index (χ3n) is 5.46. The van der Waals surface area contributed by atoms with Crippen molar-refractivity contribution in [3.63, 3.8) is 0 Å². The lowest BCUT2D eigenvalue weighted by Gasteiger charge is -2.15. The van der Waals surface area contributed by atoms with Crippen molar-refractivity contribution in [1.82, 2.24) is 14.7 Å². The fraction of sp³-hybridized carbons (Fsp3) is 0.476. The minimum absolute atomic E-state index is 0.0313. The number of carbonyl (C=O) groups is 2. The molecule has 1 aliphatic rings. The Morgan fingerprint density at radius 1 is 1.19 bits per heavy atom. The van der Waals surface area contributed by atoms with Crippen molar-refractivity contribution in [3.05, 3.63) is 52.3 Å². The van der Waals surface area contributed by atoms with Crippen LogP contribution in [0, 0.1) is 26.7 Å². The van der Waals surface area contributed by atoms with Gasteiger partial charge in [-0.1, -0.05) is 29.8 Å². The van der Waals surface area contributed by atoms with Crippen molar-refractivity contribution >= 4 is 11.9 Å². The molecule has 0 spiro atoms. The maximum absolute atomic E-state index is 12.4. The molecule has 3 rings (SSSR count). The van der Waals surface area contributed by atoms with Crippen molar-refractivity contribution in [1.29, 1.82) is 0 Å². The largest absolute Gasteiger partial charge is 0.481 e. The third-order valence-corrected chi connectivity index (χ3v) is 5.46. The smallest absolute Gasteiger partial charge is 0.308 e. The normalized spacial score (nSPS) is 16.7. The van der Waals surface area contributed by atoms with Crippen molar-refractivity contribution < 1.29 is 14.7 Å². The molecule has 0 aliphatic carbocycles. The number of rotatable bonds is 6. The first-order valence-electron chi connectivity index (χ1n) is 9.44. The minimum Gasteiger partial charge on any atom is -0.481 e. The zero-order valence-electron chi connectivity index (χ0n) is 16.2. The molecule has 1 aliphatic heterocycles. The van der Waals surface area contributed by atoms with Crippen LogP contribution in [-0.2, 0) is 22.6 Å². The van der Waals surface area contributed by atoms with E-state index >= 15 is 0 Å². The average Bonchev–Trinajstić information content (AvgIpc) is 3.22. The van der Waals surface area contributed by atoms with E-state index in [9.17, 15) is 9.59 Å². The molecular weight excluding hydrogens is 342 g/mol. The summed E-state index contributed by atoms with van der Waals surface area (Å²) in [4.78, 5) is 25.2. The van der Waals surface area contributed by atoms with Gasteiger partial charge in [-0.2, -0.15) is 5.10 Å². The Bertz CT molecular complexity index is 839. The van der Waals surface area contributed by atoms with Gasteiger partial charge in [0.15, 0.2) is 0 Å². The Labute approximate surface area is 159 Å². The minimum atomic E-state index is -0.811. The fourth-order valence-electron chi connectivity index (χ4n) is 3.69. The summed E-state index contributed by atoms with van der Waals surface area (Å²) in [7, 11) is 0. The standard InChI is InChI=1S/C21H27N3O3/c1-14-4-6-17(7-5-14)12-24-16(3)19(15(2)22-24)8-9-20(25)23-11-10-18(13-23)21(26)27/h4-7,18H,8-13H2,1-3H3,(H,26,27)/t18-/m1/s1. The highest BCUT2D eigenvalue weighted by molar-refractivity contribution is 5.79. The Kier molecular flexibility index (Phi) is 5.63. The van der Waals surface area contributed by atoms with Gasteiger partial charge in [0.05, 0.1) is 18.2 Å². The number of benzene rings is 1. The molecule has 6 nitrogen and oxygen atoms in total. The van der Waals surface area contributed by atoms with Crippen LogP contribution in [-0.4, -0.2) is 44.8 Å². The van der Waals surface area contributed by atoms with E-state index < -0.39 is 11.9 Å². The molecule has 2 aromatic rings. The molecule has 1 saturated heterocycles. The molecular formula is C21H27N3O3. The summed E-state index contributed by atoms with van der Waals surface area (Å²) in [6.07, 6.45) is 1.58. The van der Waals surface area contributed by atoms with E-state index in [4.69, 9.17) is 5.11 Å². The Hall–Kier alpha value is -2.63. The van der Waals surface area contributed by atoms with E-state index in [0.717, 1.165) is 17.0 Å². The number of hydrogen-bond acceptors (Lipinski definition) is 3. The van der Waals surface area contributed by atoms with E-state index in [-0.39, 0.29) is 5.91 Å². The first-order chi connectivity index (χ1) is 12.8. The molecule has 0 saturated carbocycles. The van der Waals surface area contributed by atoms with Crippen molar-refractivity contribution in [3.8, 4) is 0 Å². The van der Waals surface area contributed by atoms with Crippen molar-refractivity contribution in [2.75, 3.05) is 13.1 Å². The monoisotopic (exact) mass is 369 g/mol. The highest BCUT2D eigenvalue weighted by Gasteiger charge is 2.30. The number of carbonyl (C=O) groups excluding carboxylic acids is 1. The molecule has 0 unspecified atom stereocenters. The summed E-state index contributed by atoms with van der Waals surface area (Å²) in [5.74, 6) is -1.20. The summed E-state index contributed by atoms with van der Waals surface area (Å²) < 4.78 is 2.00. The van der Waals surface area contributed by atoms with Gasteiger partial charge in [0.25, 0.3) is 0 Å². The van der Waals surface area contributed by atoms with E-state index in [1.54, 1.807) is 4.90 Å². The number of hydrogen-bond donors (Lipinski definition) is 1. The summed E-state index contributed by atoms with van der Waals surface area (Å²) in [5.41, 5.74) is 5.59. The quantitative estimate of drug-likeness (QED) is 0.849. The third kappa shape index (κ3) is 4.38. The van der Waals surface area contributed by atoms with Gasteiger partial charge in [-0.25, -0.2) is 0 Å². The van der Waals surface area contributed by atoms with Gasteiger partial charge in [0.2, 0.25) is 5.91 Å². The molecule has 1 N–H and O–H groups in total. The van der Waals surface area contributed by atoms with Crippen LogP contribution >= 0.6 is 0 Å². The van der Waals surface area contributed by atoms with Gasteiger partial charge >= 0.3 is 5.97 Å². The molecule has 27 heavy (non-hydrogen) atoms. The molecule has 2 heterocycles. The van der Waals surface area contributed by atoms with Crippen LogP contribution in [0.5, 0.6) is 0 Å². The molecule has 1 aromatic heterocycles. The van der Waals surface area contributed by atoms with E-state index in [1.807, 2.05) is 18.5 Å². The van der Waals surface area contributed by atoms with Gasteiger partial charge < -0.3 is 10.0 Å². The average molecular weight is 369 g/mol. The first kappa shape index (κ1) is 19.1. The second kappa shape index (κ2) is 7.94. The second-order valence-electron chi connectivity index (χ2n) is 7.46. The zero-order chi connectivity index (χ0) is 19.6. The lowest BCUT2D eigenvalue weighted by atomic mass is 10.1. The number of carboxylic acid groups (broad SMARTS) is 1. The van der Waals surface area contributed by atoms with Crippen LogP contribution in [0.2, 0.25) is 0 Å². The molecule has 144 valence electrons. The Balaban J connectivity index is 1.62. The zero-order valence-corrected chi connectivity index (χ0v) is 16.2. The second-order valence-corrected chi connectivity index (χ2v) is 7.46. The van der Waals surface area contributed by atoms with Gasteiger partial charge in [0, 0.05) is 25.2 Å². The lowest BCUT2D eigenvalue weighted by Crippen LogP contribution is -2.30. The topological polar surface area (TPSA) is 75.4 Å². The van der Waals surface area contributed by atoms with E-state index in [0.29, 0.717) is 38.9 Å². The van der Waals surface area contributed by atoms with Crippen molar-refractivity contribution in [2.45, 2.75) is 46.6 Å². The van der Waals surface area contributed by atoms with Gasteiger partial charge in [-0.3, -0.25) is 14.3 Å². The van der Waals surface area contributed by atoms with Crippen molar-refractivity contribution in [2.24, 2.45) is 5.92 Å². The van der Waals surface area contributed by atoms with Crippen LogP contribution in [0.15, 0.2) is 24.3 Å². The van der Waals surface area contributed by atoms with Crippen LogP contribution in [0.4, 0.5) is 0 Å². The van der Waals surface area contributed by atoms with E-state index in [1.165, 1.54) is 11.1 Å². The maximum Gasteiger partial charge on any atom is 0.308 e. The van der Waals surface area contributed by atoms with Crippen LogP contribution in [0.3, 0.4) is 0 Å². The van der Waals surface area contributed by atoms with Crippen LogP contribution < -0.4 is 0 Å². The highest BCUT2D eigenvalue weighted by Crippen LogP contribution is 2.20. The highest BCUT2D eigenvalue weighted by atomic mass is 16.4. The molecule has 1 amide bonds. The number of nitrogens with zero attached hydrogens (tertiary/aromatic N) is 3. The number of amides is 1. The summed E-state index contributed by atoms with van der Waals surface area (Å²) >= 11 is 0. The lowest BCUT2D eigenvalue weighted by molar-refractivity contribution is -0.141. The number of carboxylic acids is 1. The molecule has 6 heteroatoms. The van der Waals surface area contributed by atoms with Gasteiger partial charge in [-0.15, -0.1) is 0 Å². The fourth-order valence-corrected chi connectivity index (χ4v) is 3.69. The molecule has 1 atom stereocenters. The predicted molar refractivity (Wildman–Crippen MR) is 103 cm³/mol. The SMILES string of the molecule is Cc1ccc(Cn2nc(C)c(CCC(=O)N3CC[C@@H](C(=O)O)C3)c2C)cc1. The van der Waals surface area contributed by atoms with Crippen LogP contribution in [0.1, 0.15) is 40.9 Å². The van der Waals surface area contributed by atoms with E-state index in [2.05, 4.69) is 36.3 Å². The molecule has 0 radical (unpaired) electrons. The van der Waals surface area contributed by atoms with Gasteiger partial charge in [0.1, 0.15) is 0 Å². The first-order valence-corrected chi connectivity index (χ1v) is 9.44. The summed E-state index contributed by atoms with van der Waals surface area (Å²) in [6, 6.07) is 8.42. The Morgan fingerprint density at radius 3 is 2.52 bits per heavy atom. The number of aryl methyl sites for hydroxylation is 2. The predicted octanol–water partition coefficient (Wildman–Crippen LogP) is 2.72. The maximum atomic E-state index is 12.4. The molecule has 1 fully saturated rings. The van der Waals surface area contributed by atoms with Gasteiger partial charge in [-0.05, 0) is 44.7 Å². The number of likely N-dealkylation sites (tertiary alicyclic amines) is 1. The summed E-state index contributed by atoms with van der Waals surface area (Å²) in [5, 5.41) is 13.7. The number of aliphatic carboxylic acids is 1. The molecule has 1 aromatic carbocycles. The molecule has 0 bridgehead atoms. The summed E-state index contributed by atoms with van der Waals surface area (Å²) in [6.45, 7) is 7.69. The number of aromatic nitrogens is 2. The Morgan fingerprint density at radius 2 is 1.89 bits per heavy atom.